The van der Waals surface area contributed by atoms with E-state index >= 15 is 0 Å². The first-order valence-electron chi connectivity index (χ1n) is 37.1. The van der Waals surface area contributed by atoms with Gasteiger partial charge in [-0.25, -0.2) is 0 Å². The van der Waals surface area contributed by atoms with Crippen LogP contribution >= 0.6 is 7.82 Å². The van der Waals surface area contributed by atoms with Gasteiger partial charge in [-0.1, -0.05) is 355 Å². The van der Waals surface area contributed by atoms with Gasteiger partial charge < -0.3 is 28.8 Å². The molecular weight excluding hydrogens is 1090 g/mol. The highest BCUT2D eigenvalue weighted by atomic mass is 31.2. The van der Waals surface area contributed by atoms with Gasteiger partial charge in [0.15, 0.2) is 0 Å². The summed E-state index contributed by atoms with van der Waals surface area (Å²) < 4.78 is 23.5. The third-order valence-electron chi connectivity index (χ3n) is 16.5. The van der Waals surface area contributed by atoms with E-state index in [9.17, 15) is 19.4 Å². The van der Waals surface area contributed by atoms with Crippen LogP contribution in [0.3, 0.4) is 0 Å². The van der Waals surface area contributed by atoms with E-state index in [0.717, 1.165) is 83.5 Å². The zero-order valence-corrected chi connectivity index (χ0v) is 58.9. The van der Waals surface area contributed by atoms with Gasteiger partial charge in [-0.05, 0) is 77.0 Å². The Hall–Kier alpha value is -2.58. The molecule has 87 heavy (non-hydrogen) atoms. The van der Waals surface area contributed by atoms with Crippen molar-refractivity contribution in [3.05, 3.63) is 97.2 Å². The van der Waals surface area contributed by atoms with Crippen molar-refractivity contribution >= 4 is 13.7 Å². The van der Waals surface area contributed by atoms with Gasteiger partial charge in [0, 0.05) is 6.42 Å². The number of aliphatic hydroxyl groups is 1. The molecule has 0 aliphatic carbocycles. The first kappa shape index (κ1) is 84.4. The van der Waals surface area contributed by atoms with Crippen molar-refractivity contribution in [2.24, 2.45) is 0 Å². The summed E-state index contributed by atoms with van der Waals surface area (Å²) in [5.74, 6) is -0.194. The zero-order valence-electron chi connectivity index (χ0n) is 58.0. The summed E-state index contributed by atoms with van der Waals surface area (Å²) in [7, 11) is 1.27. The molecule has 9 heteroatoms. The average Bonchev–Trinajstić information content (AvgIpc) is 3.69. The van der Waals surface area contributed by atoms with Gasteiger partial charge in [0.05, 0.1) is 39.9 Å². The molecule has 0 radical (unpaired) electrons. The van der Waals surface area contributed by atoms with Crippen molar-refractivity contribution in [1.82, 2.24) is 5.32 Å². The molecule has 0 rings (SSSR count). The van der Waals surface area contributed by atoms with Crippen molar-refractivity contribution in [3.8, 4) is 0 Å². The van der Waals surface area contributed by atoms with Crippen molar-refractivity contribution < 1.29 is 32.9 Å². The van der Waals surface area contributed by atoms with Crippen LogP contribution in [0.1, 0.15) is 341 Å². The van der Waals surface area contributed by atoms with E-state index in [0.29, 0.717) is 17.4 Å². The van der Waals surface area contributed by atoms with E-state index in [2.05, 4.69) is 104 Å². The van der Waals surface area contributed by atoms with Crippen LogP contribution in [0.2, 0.25) is 0 Å². The monoisotopic (exact) mass is 1240 g/mol. The SMILES string of the molecule is CC/C=C\C/C=C\C/C=C\C/C=C\C/C=C\C/C=C\C/C=C\CCCCCCCCCCCCCCCCCCCC(=O)NC(COP(=O)([O-])OCC[N+](C)(C)C)C(O)/C=C/CCCCCCCCCCCCCCCCCCCCCCCCCC. The number of amides is 1. The van der Waals surface area contributed by atoms with Gasteiger partial charge in [0.1, 0.15) is 13.2 Å². The molecule has 8 nitrogen and oxygen atoms in total. The predicted octanol–water partition coefficient (Wildman–Crippen LogP) is 23.4. The van der Waals surface area contributed by atoms with E-state index in [1.807, 2.05) is 27.2 Å². The van der Waals surface area contributed by atoms with Gasteiger partial charge in [0.25, 0.3) is 7.82 Å². The van der Waals surface area contributed by atoms with Gasteiger partial charge in [-0.15, -0.1) is 0 Å². The number of carbonyl (C=O) groups is 1. The molecule has 0 aliphatic rings. The van der Waals surface area contributed by atoms with E-state index in [1.54, 1.807) is 6.08 Å². The van der Waals surface area contributed by atoms with Crippen LogP contribution in [0.25, 0.3) is 0 Å². The lowest BCUT2D eigenvalue weighted by Crippen LogP contribution is -2.45. The number of hydrogen-bond acceptors (Lipinski definition) is 6. The molecule has 3 atom stereocenters. The molecule has 0 bridgehead atoms. The number of rotatable bonds is 68. The van der Waals surface area contributed by atoms with Crippen LogP contribution in [-0.4, -0.2) is 68.5 Å². The van der Waals surface area contributed by atoms with Crippen LogP contribution in [0, 0.1) is 0 Å². The molecule has 0 saturated heterocycles. The van der Waals surface area contributed by atoms with Crippen molar-refractivity contribution in [1.29, 1.82) is 0 Å². The summed E-state index contributed by atoms with van der Waals surface area (Å²) in [6.45, 7) is 4.57. The minimum absolute atomic E-state index is 0.00228. The van der Waals surface area contributed by atoms with Crippen LogP contribution in [0.5, 0.6) is 0 Å². The van der Waals surface area contributed by atoms with E-state index in [4.69, 9.17) is 9.05 Å². The standard InChI is InChI=1S/C78H143N2O6P/c1-6-8-10-12-14-16-18-20-22-24-26-28-30-32-34-35-36-37-38-39-40-41-42-43-44-45-46-48-50-52-54-56-58-60-62-64-66-68-70-72-78(82)79-76(75-86-87(83,84)85-74-73-80(3,4)5)77(81)71-69-67-65-63-61-59-57-55-53-51-49-47-33-31-29-27-25-23-21-19-17-15-13-11-9-7-2/h8,10,14,16,20,22,26,28,32,34,36-37,39-40,69,71,76-77,81H,6-7,9,11-13,15,17-19,21,23-25,27,29-31,33,35,38,41-68,70,72-75H2,1-5H3,(H-,79,82,83,84)/b10-8-,16-14-,22-20-,28-26-,34-32-,37-36-,40-39-,71-69+. The second-order valence-electron chi connectivity index (χ2n) is 26.3. The molecule has 1 amide bonds. The molecule has 3 unspecified atom stereocenters. The number of phosphoric ester groups is 1. The Morgan fingerprint density at radius 1 is 0.414 bits per heavy atom. The first-order valence-corrected chi connectivity index (χ1v) is 38.6. The summed E-state index contributed by atoms with van der Waals surface area (Å²) in [5, 5.41) is 14.0. The fraction of sp³-hybridized carbons (Fsp3) is 0.782. The minimum Gasteiger partial charge on any atom is -0.756 e. The van der Waals surface area contributed by atoms with Crippen molar-refractivity contribution in [2.45, 2.75) is 353 Å². The van der Waals surface area contributed by atoms with Crippen LogP contribution < -0.4 is 10.2 Å². The highest BCUT2D eigenvalue weighted by Crippen LogP contribution is 2.38. The molecule has 0 saturated carbocycles. The fourth-order valence-corrected chi connectivity index (χ4v) is 11.6. The zero-order chi connectivity index (χ0) is 63.4. The third kappa shape index (κ3) is 70.7. The smallest absolute Gasteiger partial charge is 0.268 e. The van der Waals surface area contributed by atoms with Crippen LogP contribution in [-0.2, 0) is 18.4 Å². The van der Waals surface area contributed by atoms with Crippen molar-refractivity contribution in [3.63, 3.8) is 0 Å². The summed E-state index contributed by atoms with van der Waals surface area (Å²) in [6, 6.07) is -0.892. The van der Waals surface area contributed by atoms with Crippen LogP contribution in [0.15, 0.2) is 97.2 Å². The Kier molecular flexibility index (Phi) is 65.8. The molecule has 0 aliphatic heterocycles. The quantitative estimate of drug-likeness (QED) is 0.0272. The number of aliphatic hydroxyl groups excluding tert-OH is 1. The summed E-state index contributed by atoms with van der Waals surface area (Å²) in [5.41, 5.74) is 0. The number of quaternary nitrogens is 1. The fourth-order valence-electron chi connectivity index (χ4n) is 10.8. The van der Waals surface area contributed by atoms with Gasteiger partial charge >= 0.3 is 0 Å². The van der Waals surface area contributed by atoms with Gasteiger partial charge in [0.2, 0.25) is 5.91 Å². The summed E-state index contributed by atoms with van der Waals surface area (Å²) in [6.07, 6.45) is 98.2. The number of unbranched alkanes of at least 4 members (excludes halogenated alkanes) is 41. The number of nitrogens with one attached hydrogen (secondary N) is 1. The molecule has 0 aromatic heterocycles. The summed E-state index contributed by atoms with van der Waals surface area (Å²) >= 11 is 0. The molecule has 0 heterocycles. The molecule has 2 N–H and O–H groups in total. The lowest BCUT2D eigenvalue weighted by molar-refractivity contribution is -0.870. The van der Waals surface area contributed by atoms with E-state index < -0.39 is 20.0 Å². The first-order chi connectivity index (χ1) is 42.5. The number of likely N-dealkylation sites (N-methyl/N-ethyl adjacent to an activating group) is 1. The van der Waals surface area contributed by atoms with Crippen LogP contribution in [0.4, 0.5) is 0 Å². The lowest BCUT2D eigenvalue weighted by Gasteiger charge is -2.29. The molecule has 0 fully saturated rings. The minimum atomic E-state index is -4.61. The Labute approximate surface area is 540 Å². The Bertz CT molecular complexity index is 1740. The Morgan fingerprint density at radius 3 is 1.02 bits per heavy atom. The molecule has 0 aromatic rings. The number of phosphoric acid groups is 1. The van der Waals surface area contributed by atoms with Gasteiger partial charge in [-0.3, -0.25) is 9.36 Å². The normalized spacial score (nSPS) is 14.1. The largest absolute Gasteiger partial charge is 0.756 e. The molecule has 0 spiro atoms. The maximum atomic E-state index is 13.1. The van der Waals surface area contributed by atoms with E-state index in [-0.39, 0.29) is 19.1 Å². The third-order valence-corrected chi connectivity index (χ3v) is 17.5. The maximum absolute atomic E-state index is 13.1. The van der Waals surface area contributed by atoms with Gasteiger partial charge in [-0.2, -0.15) is 0 Å². The maximum Gasteiger partial charge on any atom is 0.268 e. The number of nitrogens with zero attached hydrogens (tertiary/aromatic N) is 1. The topological polar surface area (TPSA) is 108 Å². The number of allylic oxidation sites excluding steroid dienone is 15. The number of carbonyl (C=O) groups excluding carboxylic acids is 1. The Balaban J connectivity index is 4.02. The second-order valence-corrected chi connectivity index (χ2v) is 27.7. The predicted molar refractivity (Wildman–Crippen MR) is 380 cm³/mol. The highest BCUT2D eigenvalue weighted by Gasteiger charge is 2.23. The average molecular weight is 1240 g/mol. The van der Waals surface area contributed by atoms with E-state index in [1.165, 1.54) is 238 Å². The second kappa shape index (κ2) is 67.8. The lowest BCUT2D eigenvalue weighted by atomic mass is 10.0. The molecular formula is C78H143N2O6P. The Morgan fingerprint density at radius 2 is 0.701 bits per heavy atom. The summed E-state index contributed by atoms with van der Waals surface area (Å²) in [4.78, 5) is 25.7. The number of hydrogen-bond donors (Lipinski definition) is 2. The molecule has 506 valence electrons. The van der Waals surface area contributed by atoms with Crippen molar-refractivity contribution in [2.75, 3.05) is 40.9 Å². The molecule has 0 aromatic carbocycles. The highest BCUT2D eigenvalue weighted by molar-refractivity contribution is 7.45.